The van der Waals surface area contributed by atoms with Gasteiger partial charge in [-0.25, -0.2) is 0 Å². The van der Waals surface area contributed by atoms with E-state index in [4.69, 9.17) is 16.3 Å². The molecule has 0 aliphatic carbocycles. The minimum atomic E-state index is 0.487. The van der Waals surface area contributed by atoms with Crippen molar-refractivity contribution in [3.63, 3.8) is 0 Å². The lowest BCUT2D eigenvalue weighted by Gasteiger charge is -2.35. The number of benzene rings is 1. The van der Waals surface area contributed by atoms with Gasteiger partial charge in [-0.3, -0.25) is 0 Å². The standard InChI is InChI=1S/C17H29ClN2O/c1-5-15(6-2)20(11-12-21-4)17-14(13-19-7-3)9-8-10-16(17)18/h8-10,15,19H,5-7,11-13H2,1-4H3. The van der Waals surface area contributed by atoms with Crippen LogP contribution < -0.4 is 10.2 Å². The lowest BCUT2D eigenvalue weighted by atomic mass is 10.1. The Bertz CT molecular complexity index is 408. The molecule has 0 atom stereocenters. The first-order valence-electron chi connectivity index (χ1n) is 7.93. The van der Waals surface area contributed by atoms with Crippen LogP contribution in [0.1, 0.15) is 39.2 Å². The van der Waals surface area contributed by atoms with E-state index in [1.54, 1.807) is 7.11 Å². The normalized spacial score (nSPS) is 11.1. The van der Waals surface area contributed by atoms with Crippen molar-refractivity contribution in [1.82, 2.24) is 5.32 Å². The molecule has 1 aromatic carbocycles. The van der Waals surface area contributed by atoms with E-state index in [1.165, 1.54) is 5.56 Å². The molecule has 4 heteroatoms. The van der Waals surface area contributed by atoms with Crippen LogP contribution in [-0.4, -0.2) is 32.8 Å². The summed E-state index contributed by atoms with van der Waals surface area (Å²) in [4.78, 5) is 2.42. The summed E-state index contributed by atoms with van der Waals surface area (Å²) < 4.78 is 5.29. The van der Waals surface area contributed by atoms with Gasteiger partial charge in [-0.1, -0.05) is 44.5 Å². The average molecular weight is 313 g/mol. The van der Waals surface area contributed by atoms with Gasteiger partial charge in [-0.2, -0.15) is 0 Å². The summed E-state index contributed by atoms with van der Waals surface area (Å²) in [5.41, 5.74) is 2.42. The molecule has 0 fully saturated rings. The summed E-state index contributed by atoms with van der Waals surface area (Å²) in [6, 6.07) is 6.65. The Morgan fingerprint density at radius 1 is 1.24 bits per heavy atom. The number of anilines is 1. The maximum atomic E-state index is 6.53. The fourth-order valence-corrected chi connectivity index (χ4v) is 2.98. The van der Waals surface area contributed by atoms with Crippen LogP contribution in [0.4, 0.5) is 5.69 Å². The number of nitrogens with one attached hydrogen (secondary N) is 1. The van der Waals surface area contributed by atoms with Gasteiger partial charge in [0, 0.05) is 26.2 Å². The third-order valence-electron chi connectivity index (χ3n) is 3.84. The second kappa shape index (κ2) is 10.0. The smallest absolute Gasteiger partial charge is 0.0643 e. The van der Waals surface area contributed by atoms with Gasteiger partial charge >= 0.3 is 0 Å². The highest BCUT2D eigenvalue weighted by Gasteiger charge is 2.20. The zero-order chi connectivity index (χ0) is 15.7. The van der Waals surface area contributed by atoms with Crippen LogP contribution in [0.2, 0.25) is 5.02 Å². The highest BCUT2D eigenvalue weighted by atomic mass is 35.5. The number of rotatable bonds is 10. The maximum Gasteiger partial charge on any atom is 0.0643 e. The van der Waals surface area contributed by atoms with E-state index in [1.807, 2.05) is 12.1 Å². The highest BCUT2D eigenvalue weighted by Crippen LogP contribution is 2.32. The summed E-state index contributed by atoms with van der Waals surface area (Å²) in [6.45, 7) is 9.95. The van der Waals surface area contributed by atoms with Crippen molar-refractivity contribution in [3.8, 4) is 0 Å². The second-order valence-corrected chi connectivity index (χ2v) is 5.59. The third kappa shape index (κ3) is 5.17. The molecule has 0 radical (unpaired) electrons. The molecule has 21 heavy (non-hydrogen) atoms. The molecule has 1 N–H and O–H groups in total. The van der Waals surface area contributed by atoms with Crippen LogP contribution in [-0.2, 0) is 11.3 Å². The molecule has 0 spiro atoms. The minimum Gasteiger partial charge on any atom is -0.383 e. The van der Waals surface area contributed by atoms with Crippen LogP contribution in [0.3, 0.4) is 0 Å². The van der Waals surface area contributed by atoms with Gasteiger partial charge in [0.1, 0.15) is 0 Å². The van der Waals surface area contributed by atoms with Crippen molar-refractivity contribution >= 4 is 17.3 Å². The fourth-order valence-electron chi connectivity index (χ4n) is 2.68. The molecule has 3 nitrogen and oxygen atoms in total. The molecule has 0 bridgehead atoms. The molecule has 1 aromatic rings. The molecule has 0 unspecified atom stereocenters. The summed E-state index contributed by atoms with van der Waals surface area (Å²) in [5.74, 6) is 0. The number of methoxy groups -OCH3 is 1. The summed E-state index contributed by atoms with van der Waals surface area (Å²) >= 11 is 6.53. The highest BCUT2D eigenvalue weighted by molar-refractivity contribution is 6.33. The topological polar surface area (TPSA) is 24.5 Å². The molecular formula is C17H29ClN2O. The Labute approximate surface area is 134 Å². The van der Waals surface area contributed by atoms with E-state index >= 15 is 0 Å². The van der Waals surface area contributed by atoms with Crippen molar-refractivity contribution in [3.05, 3.63) is 28.8 Å². The lowest BCUT2D eigenvalue weighted by Crippen LogP contribution is -2.38. The third-order valence-corrected chi connectivity index (χ3v) is 4.15. The van der Waals surface area contributed by atoms with Gasteiger partial charge < -0.3 is 15.0 Å². The predicted octanol–water partition coefficient (Wildman–Crippen LogP) is 4.09. The zero-order valence-electron chi connectivity index (χ0n) is 13.8. The Balaban J connectivity index is 3.14. The maximum absolute atomic E-state index is 6.53. The Kier molecular flexibility index (Phi) is 8.74. The molecule has 0 aromatic heterocycles. The molecule has 0 heterocycles. The molecular weight excluding hydrogens is 284 g/mol. The van der Waals surface area contributed by atoms with E-state index in [2.05, 4.69) is 37.1 Å². The number of halogens is 1. The predicted molar refractivity (Wildman–Crippen MR) is 92.4 cm³/mol. The second-order valence-electron chi connectivity index (χ2n) is 5.18. The monoisotopic (exact) mass is 312 g/mol. The zero-order valence-corrected chi connectivity index (χ0v) is 14.5. The van der Waals surface area contributed by atoms with E-state index < -0.39 is 0 Å². The van der Waals surface area contributed by atoms with Crippen LogP contribution in [0, 0.1) is 0 Å². The van der Waals surface area contributed by atoms with Crippen LogP contribution >= 0.6 is 11.6 Å². The number of hydrogen-bond acceptors (Lipinski definition) is 3. The molecule has 0 saturated carbocycles. The molecule has 0 aliphatic heterocycles. The van der Waals surface area contributed by atoms with E-state index in [-0.39, 0.29) is 0 Å². The van der Waals surface area contributed by atoms with Crippen LogP contribution in [0.15, 0.2) is 18.2 Å². The average Bonchev–Trinajstić information content (AvgIpc) is 2.50. The van der Waals surface area contributed by atoms with Gasteiger partial charge in [0.25, 0.3) is 0 Å². The summed E-state index contributed by atoms with van der Waals surface area (Å²) in [6.07, 6.45) is 2.21. The van der Waals surface area contributed by atoms with Crippen LogP contribution in [0.25, 0.3) is 0 Å². The number of nitrogens with zero attached hydrogens (tertiary/aromatic N) is 1. The molecule has 1 rings (SSSR count). The van der Waals surface area contributed by atoms with Gasteiger partial charge in [-0.15, -0.1) is 0 Å². The molecule has 0 saturated heterocycles. The van der Waals surface area contributed by atoms with Gasteiger partial charge in [0.15, 0.2) is 0 Å². The van der Waals surface area contributed by atoms with Crippen molar-refractivity contribution in [1.29, 1.82) is 0 Å². The van der Waals surface area contributed by atoms with Crippen molar-refractivity contribution < 1.29 is 4.74 Å². The van der Waals surface area contributed by atoms with E-state index in [9.17, 15) is 0 Å². The van der Waals surface area contributed by atoms with E-state index in [0.717, 1.165) is 43.2 Å². The fraction of sp³-hybridized carbons (Fsp3) is 0.647. The Morgan fingerprint density at radius 2 is 1.95 bits per heavy atom. The van der Waals surface area contributed by atoms with Crippen molar-refractivity contribution in [2.75, 3.05) is 31.7 Å². The van der Waals surface area contributed by atoms with Gasteiger partial charge in [0.2, 0.25) is 0 Å². The molecule has 120 valence electrons. The largest absolute Gasteiger partial charge is 0.383 e. The van der Waals surface area contributed by atoms with E-state index in [0.29, 0.717) is 12.6 Å². The van der Waals surface area contributed by atoms with Crippen molar-refractivity contribution in [2.45, 2.75) is 46.2 Å². The Morgan fingerprint density at radius 3 is 2.52 bits per heavy atom. The molecule has 0 amide bonds. The quantitative estimate of drug-likeness (QED) is 0.704. The van der Waals surface area contributed by atoms with Gasteiger partial charge in [-0.05, 0) is 31.0 Å². The first-order valence-corrected chi connectivity index (χ1v) is 8.30. The van der Waals surface area contributed by atoms with Crippen LogP contribution in [0.5, 0.6) is 0 Å². The van der Waals surface area contributed by atoms with Crippen molar-refractivity contribution in [2.24, 2.45) is 0 Å². The lowest BCUT2D eigenvalue weighted by molar-refractivity contribution is 0.202. The SMILES string of the molecule is CCNCc1cccc(Cl)c1N(CCOC)C(CC)CC. The molecule has 0 aliphatic rings. The summed E-state index contributed by atoms with van der Waals surface area (Å²) in [5, 5.41) is 4.23. The number of hydrogen-bond donors (Lipinski definition) is 1. The first-order chi connectivity index (χ1) is 10.2. The van der Waals surface area contributed by atoms with Gasteiger partial charge in [0.05, 0.1) is 17.3 Å². The summed E-state index contributed by atoms with van der Waals surface area (Å²) in [7, 11) is 1.75. The minimum absolute atomic E-state index is 0.487. The number of ether oxygens (including phenoxy) is 1. The first kappa shape index (κ1) is 18.3. The Hall–Kier alpha value is -0.770. The number of para-hydroxylation sites is 1.